The van der Waals surface area contributed by atoms with Crippen LogP contribution >= 0.6 is 35.7 Å². The summed E-state index contributed by atoms with van der Waals surface area (Å²) in [5.74, 6) is 1.54. The number of thioether (sulfide) groups is 1. The first-order chi connectivity index (χ1) is 8.77. The Morgan fingerprint density at radius 1 is 1.32 bits per heavy atom. The zero-order valence-electron chi connectivity index (χ0n) is 11.3. The molecule has 0 unspecified atom stereocenters. The van der Waals surface area contributed by atoms with Crippen LogP contribution in [-0.4, -0.2) is 31.1 Å². The fourth-order valence-corrected chi connectivity index (χ4v) is 1.71. The van der Waals surface area contributed by atoms with Gasteiger partial charge in [-0.2, -0.15) is 11.8 Å². The molecule has 0 aliphatic carbocycles. The van der Waals surface area contributed by atoms with Gasteiger partial charge >= 0.3 is 0 Å². The van der Waals surface area contributed by atoms with E-state index in [4.69, 9.17) is 0 Å². The molecule has 1 aromatic carbocycles. The normalized spacial score (nSPS) is 10.8. The molecule has 19 heavy (non-hydrogen) atoms. The molecular weight excluding hydrogens is 376 g/mol. The van der Waals surface area contributed by atoms with Gasteiger partial charge < -0.3 is 10.6 Å². The van der Waals surface area contributed by atoms with Gasteiger partial charge in [-0.05, 0) is 19.2 Å². The quantitative estimate of drug-likeness (QED) is 0.336. The third kappa shape index (κ3) is 7.61. The summed E-state index contributed by atoms with van der Waals surface area (Å²) in [7, 11) is 0. The smallest absolute Gasteiger partial charge is 0.191 e. The van der Waals surface area contributed by atoms with Crippen molar-refractivity contribution in [1.82, 2.24) is 10.6 Å². The highest BCUT2D eigenvalue weighted by molar-refractivity contribution is 14.0. The van der Waals surface area contributed by atoms with Gasteiger partial charge in [0.2, 0.25) is 0 Å². The molecule has 2 N–H and O–H groups in total. The number of hydrogen-bond donors (Lipinski definition) is 2. The van der Waals surface area contributed by atoms with Crippen LogP contribution in [0.3, 0.4) is 0 Å². The molecule has 0 saturated heterocycles. The Labute approximate surface area is 135 Å². The van der Waals surface area contributed by atoms with Crippen molar-refractivity contribution in [1.29, 1.82) is 0 Å². The van der Waals surface area contributed by atoms with Crippen molar-refractivity contribution in [2.24, 2.45) is 4.99 Å². The lowest BCUT2D eigenvalue weighted by molar-refractivity contribution is 0.610. The first-order valence-corrected chi connectivity index (χ1v) is 7.41. The number of aliphatic imine (C=N–C) groups is 1. The lowest BCUT2D eigenvalue weighted by Gasteiger charge is -2.10. The van der Waals surface area contributed by atoms with Gasteiger partial charge in [-0.15, -0.1) is 24.0 Å². The summed E-state index contributed by atoms with van der Waals surface area (Å²) in [4.78, 5) is 4.36. The largest absolute Gasteiger partial charge is 0.357 e. The Hall–Kier alpha value is -0.500. The third-order valence-electron chi connectivity index (χ3n) is 2.31. The van der Waals surface area contributed by atoms with E-state index in [1.54, 1.807) is 23.9 Å². The number of halogens is 2. The average molecular weight is 397 g/mol. The monoisotopic (exact) mass is 397 g/mol. The third-order valence-corrected chi connectivity index (χ3v) is 2.92. The maximum atomic E-state index is 13.4. The number of nitrogens with zero attached hydrogens (tertiary/aromatic N) is 1. The SMILES string of the molecule is CCNC(=NCc1ccccc1F)NCCSC.I. The van der Waals surface area contributed by atoms with Crippen LogP contribution in [0.2, 0.25) is 0 Å². The van der Waals surface area contributed by atoms with Crippen molar-refractivity contribution in [2.75, 3.05) is 25.1 Å². The molecule has 0 atom stereocenters. The highest BCUT2D eigenvalue weighted by atomic mass is 127. The minimum Gasteiger partial charge on any atom is -0.357 e. The van der Waals surface area contributed by atoms with E-state index in [0.717, 1.165) is 24.8 Å². The molecule has 0 aliphatic heterocycles. The van der Waals surface area contributed by atoms with E-state index >= 15 is 0 Å². The van der Waals surface area contributed by atoms with Gasteiger partial charge in [-0.25, -0.2) is 9.38 Å². The van der Waals surface area contributed by atoms with Crippen molar-refractivity contribution in [3.05, 3.63) is 35.6 Å². The summed E-state index contributed by atoms with van der Waals surface area (Å²) in [6.45, 7) is 4.00. The second-order valence-corrected chi connectivity index (χ2v) is 4.69. The molecule has 3 nitrogen and oxygen atoms in total. The maximum absolute atomic E-state index is 13.4. The molecule has 108 valence electrons. The Morgan fingerprint density at radius 3 is 2.68 bits per heavy atom. The van der Waals surface area contributed by atoms with E-state index in [-0.39, 0.29) is 29.8 Å². The van der Waals surface area contributed by atoms with Gasteiger partial charge in [0.1, 0.15) is 5.82 Å². The Kier molecular flexibility index (Phi) is 11.0. The van der Waals surface area contributed by atoms with Gasteiger partial charge in [0.05, 0.1) is 6.54 Å². The van der Waals surface area contributed by atoms with Gasteiger partial charge in [0.15, 0.2) is 5.96 Å². The molecule has 0 amide bonds. The average Bonchev–Trinajstić information content (AvgIpc) is 2.38. The highest BCUT2D eigenvalue weighted by Gasteiger charge is 2.00. The van der Waals surface area contributed by atoms with E-state index in [9.17, 15) is 4.39 Å². The molecule has 0 heterocycles. The molecule has 0 saturated carbocycles. The highest BCUT2D eigenvalue weighted by Crippen LogP contribution is 2.07. The number of rotatable bonds is 6. The van der Waals surface area contributed by atoms with Crippen LogP contribution < -0.4 is 10.6 Å². The second-order valence-electron chi connectivity index (χ2n) is 3.71. The molecule has 6 heteroatoms. The lowest BCUT2D eigenvalue weighted by atomic mass is 10.2. The topological polar surface area (TPSA) is 36.4 Å². The van der Waals surface area contributed by atoms with Crippen LogP contribution in [0.4, 0.5) is 4.39 Å². The van der Waals surface area contributed by atoms with Crippen molar-refractivity contribution in [2.45, 2.75) is 13.5 Å². The van der Waals surface area contributed by atoms with Crippen LogP contribution in [0, 0.1) is 5.82 Å². The summed E-state index contributed by atoms with van der Waals surface area (Å²) >= 11 is 1.77. The molecular formula is C13H21FIN3S. The fraction of sp³-hybridized carbons (Fsp3) is 0.462. The number of hydrogen-bond acceptors (Lipinski definition) is 2. The van der Waals surface area contributed by atoms with Crippen LogP contribution in [0.15, 0.2) is 29.3 Å². The van der Waals surface area contributed by atoms with Crippen molar-refractivity contribution in [3.8, 4) is 0 Å². The zero-order valence-corrected chi connectivity index (χ0v) is 14.4. The van der Waals surface area contributed by atoms with E-state index in [0.29, 0.717) is 12.1 Å². The summed E-state index contributed by atoms with van der Waals surface area (Å²) in [5.41, 5.74) is 0.611. The molecule has 1 rings (SSSR count). The molecule has 0 spiro atoms. The predicted molar refractivity (Wildman–Crippen MR) is 93.0 cm³/mol. The molecule has 0 bridgehead atoms. The minimum absolute atomic E-state index is 0. The Morgan fingerprint density at radius 2 is 2.05 bits per heavy atom. The number of nitrogens with one attached hydrogen (secondary N) is 2. The van der Waals surface area contributed by atoms with E-state index in [2.05, 4.69) is 21.9 Å². The Balaban J connectivity index is 0.00000324. The van der Waals surface area contributed by atoms with Gasteiger partial charge in [0, 0.05) is 24.4 Å². The van der Waals surface area contributed by atoms with Gasteiger partial charge in [0.25, 0.3) is 0 Å². The summed E-state index contributed by atoms with van der Waals surface area (Å²) in [6, 6.07) is 6.72. The van der Waals surface area contributed by atoms with E-state index in [1.807, 2.05) is 13.0 Å². The second kappa shape index (κ2) is 11.3. The fourth-order valence-electron chi connectivity index (χ4n) is 1.40. The predicted octanol–water partition coefficient (Wildman–Crippen LogP) is 2.86. The molecule has 0 aliphatic rings. The van der Waals surface area contributed by atoms with Crippen LogP contribution in [-0.2, 0) is 6.54 Å². The molecule has 0 aromatic heterocycles. The van der Waals surface area contributed by atoms with Crippen LogP contribution in [0.1, 0.15) is 12.5 Å². The standard InChI is InChI=1S/C13H20FN3S.HI/c1-3-15-13(16-8-9-18-2)17-10-11-6-4-5-7-12(11)14;/h4-7H,3,8-10H2,1-2H3,(H2,15,16,17);1H. The minimum atomic E-state index is -0.207. The molecule has 1 aromatic rings. The number of guanidine groups is 1. The number of benzene rings is 1. The first-order valence-electron chi connectivity index (χ1n) is 6.02. The summed E-state index contributed by atoms with van der Waals surface area (Å²) in [5, 5.41) is 6.35. The Bertz CT molecular complexity index is 388. The zero-order chi connectivity index (χ0) is 13.2. The van der Waals surface area contributed by atoms with Crippen molar-refractivity contribution < 1.29 is 4.39 Å². The van der Waals surface area contributed by atoms with E-state index < -0.39 is 0 Å². The van der Waals surface area contributed by atoms with Crippen LogP contribution in [0.25, 0.3) is 0 Å². The van der Waals surface area contributed by atoms with Crippen molar-refractivity contribution in [3.63, 3.8) is 0 Å². The van der Waals surface area contributed by atoms with Crippen LogP contribution in [0.5, 0.6) is 0 Å². The summed E-state index contributed by atoms with van der Waals surface area (Å²) < 4.78 is 13.4. The summed E-state index contributed by atoms with van der Waals surface area (Å²) in [6.07, 6.45) is 2.06. The lowest BCUT2D eigenvalue weighted by Crippen LogP contribution is -2.38. The molecule has 0 fully saturated rings. The first kappa shape index (κ1) is 18.5. The van der Waals surface area contributed by atoms with Gasteiger partial charge in [-0.1, -0.05) is 18.2 Å². The molecule has 0 radical (unpaired) electrons. The maximum Gasteiger partial charge on any atom is 0.191 e. The van der Waals surface area contributed by atoms with Crippen molar-refractivity contribution >= 4 is 41.7 Å². The van der Waals surface area contributed by atoms with Gasteiger partial charge in [-0.3, -0.25) is 0 Å². The van der Waals surface area contributed by atoms with E-state index in [1.165, 1.54) is 6.07 Å².